The number of anilines is 1. The third-order valence-electron chi connectivity index (χ3n) is 4.39. The summed E-state index contributed by atoms with van der Waals surface area (Å²) in [5.74, 6) is 0. The molecule has 2 fully saturated rings. The molecule has 1 unspecified atom stereocenters. The Morgan fingerprint density at radius 2 is 1.95 bits per heavy atom. The van der Waals surface area contributed by atoms with Crippen LogP contribution in [0.15, 0.2) is 24.3 Å². The van der Waals surface area contributed by atoms with Gasteiger partial charge in [-0.05, 0) is 49.9 Å². The van der Waals surface area contributed by atoms with Crippen molar-refractivity contribution in [3.63, 3.8) is 0 Å². The summed E-state index contributed by atoms with van der Waals surface area (Å²) in [6.07, 6.45) is 7.25. The normalized spacial score (nSPS) is 25.1. The second kappa shape index (κ2) is 5.22. The summed E-state index contributed by atoms with van der Waals surface area (Å²) < 4.78 is 6.05. The van der Waals surface area contributed by atoms with Crippen molar-refractivity contribution in [1.29, 1.82) is 5.26 Å². The van der Waals surface area contributed by atoms with Crippen molar-refractivity contribution in [3.05, 3.63) is 29.8 Å². The van der Waals surface area contributed by atoms with Crippen LogP contribution >= 0.6 is 0 Å². The van der Waals surface area contributed by atoms with Gasteiger partial charge in [0.2, 0.25) is 0 Å². The number of nitrogens with one attached hydrogen (secondary N) is 1. The standard InChI is InChI=1S/C16H20N2O/c17-12-13-3-5-14(6-4-13)18-15-7-10-19-16(11-15)8-1-2-9-16/h3-6,15,18H,1-2,7-11H2. The Labute approximate surface area is 114 Å². The third-order valence-corrected chi connectivity index (χ3v) is 4.39. The van der Waals surface area contributed by atoms with Gasteiger partial charge in [0.25, 0.3) is 0 Å². The Morgan fingerprint density at radius 1 is 1.21 bits per heavy atom. The average Bonchev–Trinajstić information content (AvgIpc) is 2.88. The second-order valence-electron chi connectivity index (χ2n) is 5.76. The number of hydrogen-bond donors (Lipinski definition) is 1. The van der Waals surface area contributed by atoms with Crippen molar-refractivity contribution in [3.8, 4) is 6.07 Å². The van der Waals surface area contributed by atoms with Gasteiger partial charge in [0.1, 0.15) is 0 Å². The van der Waals surface area contributed by atoms with Gasteiger partial charge in [-0.15, -0.1) is 0 Å². The van der Waals surface area contributed by atoms with Gasteiger partial charge in [-0.25, -0.2) is 0 Å². The van der Waals surface area contributed by atoms with Crippen molar-refractivity contribution in [2.24, 2.45) is 0 Å². The number of nitrogens with zero attached hydrogens (tertiary/aromatic N) is 1. The van der Waals surface area contributed by atoms with Gasteiger partial charge in [0.15, 0.2) is 0 Å². The minimum absolute atomic E-state index is 0.155. The lowest BCUT2D eigenvalue weighted by atomic mass is 9.89. The van der Waals surface area contributed by atoms with E-state index in [-0.39, 0.29) is 5.60 Å². The lowest BCUT2D eigenvalue weighted by molar-refractivity contribution is -0.0767. The predicted molar refractivity (Wildman–Crippen MR) is 75.0 cm³/mol. The van der Waals surface area contributed by atoms with Crippen molar-refractivity contribution in [1.82, 2.24) is 0 Å². The summed E-state index contributed by atoms with van der Waals surface area (Å²) in [6.45, 7) is 0.869. The van der Waals surface area contributed by atoms with E-state index in [0.29, 0.717) is 11.6 Å². The van der Waals surface area contributed by atoms with Crippen LogP contribution in [0.25, 0.3) is 0 Å². The summed E-state index contributed by atoms with van der Waals surface area (Å²) in [4.78, 5) is 0. The zero-order valence-corrected chi connectivity index (χ0v) is 11.2. The van der Waals surface area contributed by atoms with Crippen molar-refractivity contribution in [2.75, 3.05) is 11.9 Å². The summed E-state index contributed by atoms with van der Waals surface area (Å²) in [6, 6.07) is 10.4. The van der Waals surface area contributed by atoms with Gasteiger partial charge in [-0.3, -0.25) is 0 Å². The van der Waals surface area contributed by atoms with Crippen LogP contribution in [0, 0.1) is 11.3 Å². The lowest BCUT2D eigenvalue weighted by Gasteiger charge is -2.39. The fourth-order valence-electron chi connectivity index (χ4n) is 3.40. The molecule has 1 aromatic rings. The van der Waals surface area contributed by atoms with Crippen molar-refractivity contribution >= 4 is 5.69 Å². The second-order valence-corrected chi connectivity index (χ2v) is 5.76. The molecule has 1 aliphatic carbocycles. The molecule has 1 aliphatic heterocycles. The first-order chi connectivity index (χ1) is 9.30. The number of nitriles is 1. The summed E-state index contributed by atoms with van der Waals surface area (Å²) >= 11 is 0. The number of hydrogen-bond acceptors (Lipinski definition) is 3. The van der Waals surface area contributed by atoms with Gasteiger partial charge >= 0.3 is 0 Å². The molecule has 3 heteroatoms. The highest BCUT2D eigenvalue weighted by molar-refractivity contribution is 5.47. The number of rotatable bonds is 2. The van der Waals surface area contributed by atoms with E-state index >= 15 is 0 Å². The van der Waals surface area contributed by atoms with Crippen LogP contribution in [0.2, 0.25) is 0 Å². The molecule has 0 bridgehead atoms. The van der Waals surface area contributed by atoms with Gasteiger partial charge in [-0.1, -0.05) is 12.8 Å². The maximum Gasteiger partial charge on any atom is 0.0991 e. The van der Waals surface area contributed by atoms with E-state index in [0.717, 1.165) is 25.1 Å². The molecule has 1 saturated heterocycles. The Morgan fingerprint density at radius 3 is 2.63 bits per heavy atom. The molecule has 19 heavy (non-hydrogen) atoms. The molecule has 1 heterocycles. The molecule has 0 amide bonds. The van der Waals surface area contributed by atoms with E-state index in [9.17, 15) is 0 Å². The first kappa shape index (κ1) is 12.5. The minimum atomic E-state index is 0.155. The van der Waals surface area contributed by atoms with E-state index in [4.69, 9.17) is 10.00 Å². The Bertz CT molecular complexity index is 469. The molecule has 3 rings (SSSR count). The van der Waals surface area contributed by atoms with Gasteiger partial charge < -0.3 is 10.1 Å². The average molecular weight is 256 g/mol. The molecule has 3 nitrogen and oxygen atoms in total. The monoisotopic (exact) mass is 256 g/mol. The van der Waals surface area contributed by atoms with Crippen molar-refractivity contribution in [2.45, 2.75) is 50.2 Å². The van der Waals surface area contributed by atoms with Crippen LogP contribution in [0.3, 0.4) is 0 Å². The summed E-state index contributed by atoms with van der Waals surface area (Å²) in [5, 5.41) is 12.4. The SMILES string of the molecule is N#Cc1ccc(NC2CCOC3(CCCC3)C2)cc1. The maximum atomic E-state index is 8.80. The molecule has 1 N–H and O–H groups in total. The van der Waals surface area contributed by atoms with Crippen LogP contribution in [-0.4, -0.2) is 18.2 Å². The van der Waals surface area contributed by atoms with Crippen LogP contribution in [0.4, 0.5) is 5.69 Å². The highest BCUT2D eigenvalue weighted by atomic mass is 16.5. The lowest BCUT2D eigenvalue weighted by Crippen LogP contribution is -2.42. The Hall–Kier alpha value is -1.53. The third kappa shape index (κ3) is 2.74. The molecular formula is C16H20N2O. The predicted octanol–water partition coefficient (Wildman–Crippen LogP) is 3.46. The molecule has 1 saturated carbocycles. The fourth-order valence-corrected chi connectivity index (χ4v) is 3.40. The minimum Gasteiger partial charge on any atom is -0.382 e. The largest absolute Gasteiger partial charge is 0.382 e. The number of ether oxygens (including phenoxy) is 1. The molecular weight excluding hydrogens is 236 g/mol. The van der Waals surface area contributed by atoms with E-state index in [2.05, 4.69) is 11.4 Å². The first-order valence-electron chi connectivity index (χ1n) is 7.20. The molecule has 100 valence electrons. The van der Waals surface area contributed by atoms with Crippen LogP contribution in [-0.2, 0) is 4.74 Å². The van der Waals surface area contributed by atoms with Crippen LogP contribution < -0.4 is 5.32 Å². The molecule has 0 radical (unpaired) electrons. The Balaban J connectivity index is 1.64. The highest BCUT2D eigenvalue weighted by Crippen LogP contribution is 2.40. The smallest absolute Gasteiger partial charge is 0.0991 e. The van der Waals surface area contributed by atoms with Crippen molar-refractivity contribution < 1.29 is 4.74 Å². The molecule has 2 aliphatic rings. The van der Waals surface area contributed by atoms with Gasteiger partial charge in [-0.2, -0.15) is 5.26 Å². The maximum absolute atomic E-state index is 8.80. The van der Waals surface area contributed by atoms with E-state index in [1.807, 2.05) is 24.3 Å². The molecule has 1 atom stereocenters. The summed E-state index contributed by atoms with van der Waals surface area (Å²) in [5.41, 5.74) is 1.98. The van der Waals surface area contributed by atoms with Gasteiger partial charge in [0.05, 0.1) is 17.2 Å². The fraction of sp³-hybridized carbons (Fsp3) is 0.562. The zero-order valence-electron chi connectivity index (χ0n) is 11.2. The topological polar surface area (TPSA) is 45.0 Å². The van der Waals surface area contributed by atoms with Crippen LogP contribution in [0.1, 0.15) is 44.1 Å². The Kier molecular flexibility index (Phi) is 3.44. The van der Waals surface area contributed by atoms with Crippen LogP contribution in [0.5, 0.6) is 0 Å². The van der Waals surface area contributed by atoms with Gasteiger partial charge in [0, 0.05) is 18.3 Å². The molecule has 1 spiro atoms. The van der Waals surface area contributed by atoms with E-state index in [1.165, 1.54) is 25.7 Å². The first-order valence-corrected chi connectivity index (χ1v) is 7.20. The number of benzene rings is 1. The van der Waals surface area contributed by atoms with E-state index < -0.39 is 0 Å². The zero-order chi connectivity index (χ0) is 13.1. The summed E-state index contributed by atoms with van der Waals surface area (Å²) in [7, 11) is 0. The quantitative estimate of drug-likeness (QED) is 0.881. The molecule has 0 aromatic heterocycles. The highest BCUT2D eigenvalue weighted by Gasteiger charge is 2.39. The molecule has 1 aromatic carbocycles. The van der Waals surface area contributed by atoms with E-state index in [1.54, 1.807) is 0 Å².